The molecule has 1 fully saturated rings. The number of nitrogens with zero attached hydrogens (tertiary/aromatic N) is 1. The average molecular weight is 396 g/mol. The van der Waals surface area contributed by atoms with Crippen LogP contribution < -0.4 is 15.2 Å². The third-order valence-electron chi connectivity index (χ3n) is 4.12. The van der Waals surface area contributed by atoms with Gasteiger partial charge in [0.2, 0.25) is 0 Å². The van der Waals surface area contributed by atoms with E-state index in [1.54, 1.807) is 38.1 Å². The lowest BCUT2D eigenvalue weighted by Crippen LogP contribution is -2.35. The van der Waals surface area contributed by atoms with Crippen LogP contribution in [-0.4, -0.2) is 36.1 Å². The van der Waals surface area contributed by atoms with Crippen molar-refractivity contribution in [2.75, 3.05) is 18.2 Å². The molecule has 0 unspecified atom stereocenters. The summed E-state index contributed by atoms with van der Waals surface area (Å²) in [5, 5.41) is 10.9. The molecule has 0 bridgehead atoms. The first-order chi connectivity index (χ1) is 13.9. The Morgan fingerprint density at radius 1 is 1.10 bits per heavy atom. The summed E-state index contributed by atoms with van der Waals surface area (Å²) in [7, 11) is 0. The summed E-state index contributed by atoms with van der Waals surface area (Å²) in [6, 6.07) is 10.7. The maximum Gasteiger partial charge on any atom is 0.338 e. The lowest BCUT2D eigenvalue weighted by molar-refractivity contribution is -0.117. The van der Waals surface area contributed by atoms with Crippen LogP contribution in [0, 0.1) is 0 Å². The summed E-state index contributed by atoms with van der Waals surface area (Å²) in [5.41, 5.74) is 3.71. The molecule has 0 spiro atoms. The number of nitrogens with one attached hydrogen (secondary N) is 1. The Morgan fingerprint density at radius 2 is 1.83 bits per heavy atom. The molecule has 3 rings (SSSR count). The highest BCUT2D eigenvalue weighted by Gasteiger charge is 2.34. The van der Waals surface area contributed by atoms with Gasteiger partial charge in [-0.15, -0.1) is 0 Å². The highest BCUT2D eigenvalue weighted by Crippen LogP contribution is 2.29. The highest BCUT2D eigenvalue weighted by molar-refractivity contribution is 6.31. The zero-order chi connectivity index (χ0) is 21.0. The topological polar surface area (TPSA) is 105 Å². The summed E-state index contributed by atoms with van der Waals surface area (Å²) in [6.45, 7) is 4.12. The lowest BCUT2D eigenvalue weighted by Gasteiger charge is -2.14. The van der Waals surface area contributed by atoms with Crippen LogP contribution in [0.25, 0.3) is 6.08 Å². The van der Waals surface area contributed by atoms with Crippen molar-refractivity contribution in [3.05, 3.63) is 59.2 Å². The third kappa shape index (κ3) is 4.21. The number of esters is 1. The molecule has 150 valence electrons. The Hall–Kier alpha value is -3.81. The predicted molar refractivity (Wildman–Crippen MR) is 105 cm³/mol. The minimum absolute atomic E-state index is 0.0282. The number of benzene rings is 2. The van der Waals surface area contributed by atoms with E-state index in [2.05, 4.69) is 5.43 Å². The van der Waals surface area contributed by atoms with E-state index in [1.165, 1.54) is 24.3 Å². The molecule has 2 N–H and O–H groups in total. The molecule has 29 heavy (non-hydrogen) atoms. The Balaban J connectivity index is 1.83. The molecule has 0 aromatic heterocycles. The quantitative estimate of drug-likeness (QED) is 0.441. The van der Waals surface area contributed by atoms with Gasteiger partial charge in [-0.1, -0.05) is 6.07 Å². The Labute approximate surface area is 167 Å². The van der Waals surface area contributed by atoms with Crippen LogP contribution in [0.4, 0.5) is 5.69 Å². The van der Waals surface area contributed by atoms with E-state index >= 15 is 0 Å². The number of rotatable bonds is 6. The number of hydrogen-bond acceptors (Lipinski definition) is 6. The van der Waals surface area contributed by atoms with Gasteiger partial charge in [0.05, 0.1) is 24.5 Å². The zero-order valence-corrected chi connectivity index (χ0v) is 16.0. The zero-order valence-electron chi connectivity index (χ0n) is 16.0. The molecule has 8 nitrogen and oxygen atoms in total. The van der Waals surface area contributed by atoms with Gasteiger partial charge in [-0.05, 0) is 61.9 Å². The Morgan fingerprint density at radius 3 is 2.48 bits per heavy atom. The van der Waals surface area contributed by atoms with E-state index in [4.69, 9.17) is 9.47 Å². The van der Waals surface area contributed by atoms with Crippen LogP contribution in [0.2, 0.25) is 0 Å². The van der Waals surface area contributed by atoms with Crippen LogP contribution in [0.1, 0.15) is 29.8 Å². The number of anilines is 1. The van der Waals surface area contributed by atoms with E-state index < -0.39 is 17.8 Å². The summed E-state index contributed by atoms with van der Waals surface area (Å²) in [4.78, 5) is 36.8. The van der Waals surface area contributed by atoms with E-state index in [1.807, 2.05) is 0 Å². The molecule has 2 aromatic rings. The average Bonchev–Trinajstić information content (AvgIpc) is 2.99. The Kier molecular flexibility index (Phi) is 5.82. The maximum atomic E-state index is 12.7. The molecule has 0 radical (unpaired) electrons. The van der Waals surface area contributed by atoms with Crippen molar-refractivity contribution in [2.45, 2.75) is 13.8 Å². The maximum absolute atomic E-state index is 12.7. The Bertz CT molecular complexity index is 981. The van der Waals surface area contributed by atoms with Gasteiger partial charge in [0, 0.05) is 0 Å². The fraction of sp³-hybridized carbons (Fsp3) is 0.190. The molecule has 1 saturated heterocycles. The number of carbonyl (C=O) groups is 3. The first kappa shape index (κ1) is 19.9. The first-order valence-electron chi connectivity index (χ1n) is 9.04. The van der Waals surface area contributed by atoms with Crippen molar-refractivity contribution in [3.63, 3.8) is 0 Å². The molecule has 1 heterocycles. The summed E-state index contributed by atoms with van der Waals surface area (Å²) in [6.07, 6.45) is 1.42. The lowest BCUT2D eigenvalue weighted by atomic mass is 10.1. The van der Waals surface area contributed by atoms with Crippen LogP contribution >= 0.6 is 0 Å². The normalized spacial score (nSPS) is 14.8. The van der Waals surface area contributed by atoms with Crippen molar-refractivity contribution in [1.29, 1.82) is 0 Å². The van der Waals surface area contributed by atoms with Crippen molar-refractivity contribution < 1.29 is 29.0 Å². The van der Waals surface area contributed by atoms with Gasteiger partial charge < -0.3 is 14.6 Å². The molecular weight excluding hydrogens is 376 g/mol. The van der Waals surface area contributed by atoms with Crippen molar-refractivity contribution in [1.82, 2.24) is 5.43 Å². The van der Waals surface area contributed by atoms with Gasteiger partial charge in [0.1, 0.15) is 5.57 Å². The van der Waals surface area contributed by atoms with E-state index in [0.717, 1.165) is 5.01 Å². The number of hydrazine groups is 1. The molecule has 8 heteroatoms. The molecule has 0 saturated carbocycles. The number of phenols is 1. The molecule has 0 aliphatic carbocycles. The van der Waals surface area contributed by atoms with E-state index in [0.29, 0.717) is 23.4 Å². The van der Waals surface area contributed by atoms with Crippen LogP contribution in [-0.2, 0) is 14.3 Å². The van der Waals surface area contributed by atoms with Gasteiger partial charge in [-0.2, -0.15) is 0 Å². The third-order valence-corrected chi connectivity index (χ3v) is 4.12. The second-order valence-electron chi connectivity index (χ2n) is 6.07. The number of carbonyl (C=O) groups excluding carboxylic acids is 3. The first-order valence-corrected chi connectivity index (χ1v) is 9.04. The SMILES string of the molecule is CCOC(=O)c1ccc(N2NC(=O)C(=Cc3ccc(O)c(OCC)c3)C2=O)cc1. The van der Waals surface area contributed by atoms with Gasteiger partial charge >= 0.3 is 5.97 Å². The standard InChI is InChI=1S/C21H20N2O6/c1-3-28-18-12-13(5-10-17(18)24)11-16-19(25)22-23(20(16)26)15-8-6-14(7-9-15)21(27)29-4-2/h5-12,24H,3-4H2,1-2H3,(H,22,25). The summed E-state index contributed by atoms with van der Waals surface area (Å²) in [5.74, 6) is -1.33. The minimum atomic E-state index is -0.560. The number of amides is 2. The van der Waals surface area contributed by atoms with Crippen molar-refractivity contribution >= 4 is 29.5 Å². The molecule has 2 aromatic carbocycles. The molecule has 1 aliphatic rings. The van der Waals surface area contributed by atoms with Gasteiger partial charge in [-0.25, -0.2) is 9.80 Å². The monoisotopic (exact) mass is 396 g/mol. The minimum Gasteiger partial charge on any atom is -0.504 e. The molecule has 1 aliphatic heterocycles. The van der Waals surface area contributed by atoms with Gasteiger partial charge in [-0.3, -0.25) is 15.0 Å². The van der Waals surface area contributed by atoms with E-state index in [9.17, 15) is 19.5 Å². The molecule has 0 atom stereocenters. The fourth-order valence-corrected chi connectivity index (χ4v) is 2.76. The number of phenolic OH excluding ortho intramolecular Hbond substituents is 1. The summed E-state index contributed by atoms with van der Waals surface area (Å²) >= 11 is 0. The predicted octanol–water partition coefficient (Wildman–Crippen LogP) is 2.43. The summed E-state index contributed by atoms with van der Waals surface area (Å²) < 4.78 is 10.2. The highest BCUT2D eigenvalue weighted by atomic mass is 16.5. The molecular formula is C21H20N2O6. The second-order valence-corrected chi connectivity index (χ2v) is 6.07. The number of ether oxygens (including phenoxy) is 2. The van der Waals surface area contributed by atoms with Crippen LogP contribution in [0.15, 0.2) is 48.0 Å². The van der Waals surface area contributed by atoms with Gasteiger partial charge in [0.25, 0.3) is 11.8 Å². The second kappa shape index (κ2) is 8.47. The number of aromatic hydroxyl groups is 1. The van der Waals surface area contributed by atoms with Crippen molar-refractivity contribution in [2.24, 2.45) is 0 Å². The van der Waals surface area contributed by atoms with E-state index in [-0.39, 0.29) is 23.7 Å². The van der Waals surface area contributed by atoms with Gasteiger partial charge in [0.15, 0.2) is 11.5 Å². The van der Waals surface area contributed by atoms with Crippen molar-refractivity contribution in [3.8, 4) is 11.5 Å². The smallest absolute Gasteiger partial charge is 0.338 e. The van der Waals surface area contributed by atoms with Crippen LogP contribution in [0.3, 0.4) is 0 Å². The van der Waals surface area contributed by atoms with Crippen LogP contribution in [0.5, 0.6) is 11.5 Å². The number of hydrogen-bond donors (Lipinski definition) is 2. The fourth-order valence-electron chi connectivity index (χ4n) is 2.76. The largest absolute Gasteiger partial charge is 0.504 e. The molecule has 2 amide bonds.